The van der Waals surface area contributed by atoms with E-state index in [4.69, 9.17) is 0 Å². The third-order valence-corrected chi connectivity index (χ3v) is 6.27. The van der Waals surface area contributed by atoms with Crippen molar-refractivity contribution in [3.8, 4) is 0 Å². The molecule has 1 amide bonds. The topological polar surface area (TPSA) is 57.6 Å². The Kier molecular flexibility index (Phi) is 4.84. The van der Waals surface area contributed by atoms with Crippen molar-refractivity contribution < 1.29 is 14.7 Å². The van der Waals surface area contributed by atoms with Crippen LogP contribution in [0.15, 0.2) is 65.6 Å². The SMILES string of the molecule is Cc1ccc(N2C(=O)C(=O)/C(=C(\O)c3ccc(C)c(C)c3)C2c2cccs2)cc1. The van der Waals surface area contributed by atoms with E-state index in [0.717, 1.165) is 21.6 Å². The van der Waals surface area contributed by atoms with Gasteiger partial charge < -0.3 is 5.11 Å². The van der Waals surface area contributed by atoms with Gasteiger partial charge in [-0.05, 0) is 61.5 Å². The van der Waals surface area contributed by atoms with E-state index in [0.29, 0.717) is 11.3 Å². The van der Waals surface area contributed by atoms with Gasteiger partial charge in [0.1, 0.15) is 11.8 Å². The molecule has 0 saturated carbocycles. The maximum atomic E-state index is 13.0. The van der Waals surface area contributed by atoms with Gasteiger partial charge in [-0.3, -0.25) is 14.5 Å². The molecule has 1 aliphatic rings. The highest BCUT2D eigenvalue weighted by molar-refractivity contribution is 7.10. The molecular formula is C24H21NO3S. The van der Waals surface area contributed by atoms with Gasteiger partial charge in [-0.1, -0.05) is 35.9 Å². The molecule has 2 heterocycles. The van der Waals surface area contributed by atoms with Crippen molar-refractivity contribution in [3.05, 3.63) is 92.7 Å². The van der Waals surface area contributed by atoms with Crippen molar-refractivity contribution in [2.24, 2.45) is 0 Å². The van der Waals surface area contributed by atoms with Crippen LogP contribution in [0.4, 0.5) is 5.69 Å². The summed E-state index contributed by atoms with van der Waals surface area (Å²) in [5.74, 6) is -1.43. The fraction of sp³-hybridized carbons (Fsp3) is 0.167. The Labute approximate surface area is 173 Å². The molecule has 0 aliphatic carbocycles. The summed E-state index contributed by atoms with van der Waals surface area (Å²) in [6.45, 7) is 5.91. The van der Waals surface area contributed by atoms with Crippen LogP contribution in [0.1, 0.15) is 33.2 Å². The summed E-state index contributed by atoms with van der Waals surface area (Å²) in [6.07, 6.45) is 0. The van der Waals surface area contributed by atoms with Crippen LogP contribution in [0.5, 0.6) is 0 Å². The minimum absolute atomic E-state index is 0.126. The first-order valence-corrected chi connectivity index (χ1v) is 10.2. The maximum Gasteiger partial charge on any atom is 0.300 e. The van der Waals surface area contributed by atoms with Gasteiger partial charge in [-0.15, -0.1) is 11.3 Å². The smallest absolute Gasteiger partial charge is 0.300 e. The van der Waals surface area contributed by atoms with Crippen molar-refractivity contribution in [2.75, 3.05) is 4.90 Å². The number of carbonyl (C=O) groups excluding carboxylic acids is 2. The molecule has 3 aromatic rings. The number of rotatable bonds is 3. The molecule has 4 rings (SSSR count). The highest BCUT2D eigenvalue weighted by Crippen LogP contribution is 2.43. The molecule has 1 N–H and O–H groups in total. The summed E-state index contributed by atoms with van der Waals surface area (Å²) >= 11 is 1.46. The third kappa shape index (κ3) is 3.28. The first-order valence-electron chi connectivity index (χ1n) is 9.37. The normalized spacial score (nSPS) is 18.4. The number of carbonyl (C=O) groups is 2. The molecule has 1 saturated heterocycles. The highest BCUT2D eigenvalue weighted by Gasteiger charge is 2.47. The lowest BCUT2D eigenvalue weighted by atomic mass is 9.97. The van der Waals surface area contributed by atoms with Crippen LogP contribution in [0.3, 0.4) is 0 Å². The average molecular weight is 404 g/mol. The van der Waals surface area contributed by atoms with E-state index in [1.807, 2.05) is 74.7 Å². The molecule has 5 heteroatoms. The van der Waals surface area contributed by atoms with Gasteiger partial charge in [0.25, 0.3) is 11.7 Å². The van der Waals surface area contributed by atoms with E-state index in [2.05, 4.69) is 0 Å². The monoisotopic (exact) mass is 403 g/mol. The summed E-state index contributed by atoms with van der Waals surface area (Å²) < 4.78 is 0. The Morgan fingerprint density at radius 1 is 0.966 bits per heavy atom. The van der Waals surface area contributed by atoms with E-state index < -0.39 is 17.7 Å². The number of Topliss-reactive ketones (excluding diaryl/α,β-unsaturated/α-hetero) is 1. The van der Waals surface area contributed by atoms with Crippen LogP contribution >= 0.6 is 11.3 Å². The highest BCUT2D eigenvalue weighted by atomic mass is 32.1. The Bertz CT molecular complexity index is 1130. The van der Waals surface area contributed by atoms with Gasteiger partial charge in [0.15, 0.2) is 0 Å². The molecule has 0 radical (unpaired) electrons. The van der Waals surface area contributed by atoms with E-state index >= 15 is 0 Å². The first-order chi connectivity index (χ1) is 13.9. The Hall–Kier alpha value is -3.18. The van der Waals surface area contributed by atoms with Crippen LogP contribution in [-0.4, -0.2) is 16.8 Å². The van der Waals surface area contributed by atoms with Gasteiger partial charge in [-0.25, -0.2) is 0 Å². The van der Waals surface area contributed by atoms with E-state index in [1.54, 1.807) is 6.07 Å². The minimum atomic E-state index is -0.667. The second-order valence-electron chi connectivity index (χ2n) is 7.32. The fourth-order valence-corrected chi connectivity index (χ4v) is 4.39. The summed E-state index contributed by atoms with van der Waals surface area (Å²) in [5.41, 5.74) is 4.46. The fourth-order valence-electron chi connectivity index (χ4n) is 3.56. The second kappa shape index (κ2) is 7.33. The summed E-state index contributed by atoms with van der Waals surface area (Å²) in [4.78, 5) is 28.3. The number of hydrogen-bond donors (Lipinski definition) is 1. The predicted octanol–water partition coefficient (Wildman–Crippen LogP) is 5.30. The molecule has 0 bridgehead atoms. The molecule has 146 valence electrons. The minimum Gasteiger partial charge on any atom is -0.507 e. The summed E-state index contributed by atoms with van der Waals surface area (Å²) in [7, 11) is 0. The van der Waals surface area contributed by atoms with Crippen LogP contribution in [0.2, 0.25) is 0 Å². The van der Waals surface area contributed by atoms with Crippen molar-refractivity contribution in [3.63, 3.8) is 0 Å². The lowest BCUT2D eigenvalue weighted by Crippen LogP contribution is -2.29. The number of nitrogens with zero attached hydrogens (tertiary/aromatic N) is 1. The van der Waals surface area contributed by atoms with Crippen molar-refractivity contribution in [1.82, 2.24) is 0 Å². The van der Waals surface area contributed by atoms with Gasteiger partial charge in [0.2, 0.25) is 0 Å². The summed E-state index contributed by atoms with van der Waals surface area (Å²) in [5, 5.41) is 13.0. The molecule has 29 heavy (non-hydrogen) atoms. The number of thiophene rings is 1. The number of aliphatic hydroxyl groups is 1. The quantitative estimate of drug-likeness (QED) is 0.367. The maximum absolute atomic E-state index is 13.0. The summed E-state index contributed by atoms with van der Waals surface area (Å²) in [6, 6.07) is 16.1. The zero-order chi connectivity index (χ0) is 20.7. The number of benzene rings is 2. The van der Waals surface area contributed by atoms with Crippen LogP contribution < -0.4 is 4.90 Å². The number of anilines is 1. The molecule has 1 fully saturated rings. The predicted molar refractivity (Wildman–Crippen MR) is 116 cm³/mol. The van der Waals surface area contributed by atoms with Crippen molar-refractivity contribution in [1.29, 1.82) is 0 Å². The van der Waals surface area contributed by atoms with Gasteiger partial charge >= 0.3 is 0 Å². The average Bonchev–Trinajstić information content (AvgIpc) is 3.32. The van der Waals surface area contributed by atoms with Crippen molar-refractivity contribution >= 4 is 34.5 Å². The third-order valence-electron chi connectivity index (χ3n) is 5.35. The van der Waals surface area contributed by atoms with Gasteiger partial charge in [0.05, 0.1) is 5.57 Å². The molecule has 2 aromatic carbocycles. The van der Waals surface area contributed by atoms with Crippen LogP contribution in [0.25, 0.3) is 5.76 Å². The van der Waals surface area contributed by atoms with Crippen molar-refractivity contribution in [2.45, 2.75) is 26.8 Å². The Morgan fingerprint density at radius 2 is 1.69 bits per heavy atom. The second-order valence-corrected chi connectivity index (χ2v) is 8.30. The Morgan fingerprint density at radius 3 is 2.31 bits per heavy atom. The van der Waals surface area contributed by atoms with E-state index in [9.17, 15) is 14.7 Å². The number of aliphatic hydroxyl groups excluding tert-OH is 1. The number of ketones is 1. The molecule has 0 spiro atoms. The number of amides is 1. The standard InChI is InChI=1S/C24H21NO3S/c1-14-6-10-18(11-7-14)25-21(19-5-4-12-29-19)20(23(27)24(25)28)22(26)17-9-8-15(2)16(3)13-17/h4-13,21,26H,1-3H3/b22-20-. The lowest BCUT2D eigenvalue weighted by molar-refractivity contribution is -0.132. The van der Waals surface area contributed by atoms with Gasteiger partial charge in [-0.2, -0.15) is 0 Å². The Balaban J connectivity index is 1.92. The molecule has 1 aliphatic heterocycles. The van der Waals surface area contributed by atoms with Gasteiger partial charge in [0, 0.05) is 16.1 Å². The molecular weight excluding hydrogens is 382 g/mol. The number of aryl methyl sites for hydroxylation is 3. The van der Waals surface area contributed by atoms with Crippen LogP contribution in [0, 0.1) is 20.8 Å². The molecule has 1 aromatic heterocycles. The van der Waals surface area contributed by atoms with E-state index in [-0.39, 0.29) is 11.3 Å². The first kappa shape index (κ1) is 19.2. The lowest BCUT2D eigenvalue weighted by Gasteiger charge is -2.24. The zero-order valence-electron chi connectivity index (χ0n) is 16.5. The zero-order valence-corrected chi connectivity index (χ0v) is 17.3. The van der Waals surface area contributed by atoms with E-state index in [1.165, 1.54) is 16.2 Å². The molecule has 4 nitrogen and oxygen atoms in total. The molecule has 1 unspecified atom stereocenters. The van der Waals surface area contributed by atoms with Crippen LogP contribution in [-0.2, 0) is 9.59 Å². The molecule has 1 atom stereocenters. The largest absolute Gasteiger partial charge is 0.507 e. The number of hydrogen-bond acceptors (Lipinski definition) is 4.